The van der Waals surface area contributed by atoms with E-state index in [1.54, 1.807) is 7.11 Å². The van der Waals surface area contributed by atoms with Gasteiger partial charge in [-0.15, -0.1) is 0 Å². The zero-order chi connectivity index (χ0) is 8.04. The van der Waals surface area contributed by atoms with Gasteiger partial charge in [0.25, 0.3) is 0 Å². The molecule has 10 heavy (non-hydrogen) atoms. The Hall–Kier alpha value is -0.120. The Bertz CT molecular complexity index is 83.7. The quantitative estimate of drug-likeness (QED) is 0.572. The Kier molecular flexibility index (Phi) is 4.60. The second-order valence-electron chi connectivity index (χ2n) is 2.81. The first-order valence-electron chi connectivity index (χ1n) is 3.45. The Morgan fingerprint density at radius 1 is 1.40 bits per heavy atom. The molecule has 0 aromatic carbocycles. The van der Waals surface area contributed by atoms with Crippen molar-refractivity contribution in [3.8, 4) is 0 Å². The smallest absolute Gasteiger partial charge is 0.0855 e. The van der Waals surface area contributed by atoms with Crippen molar-refractivity contribution >= 4 is 0 Å². The molecular weight excluding hydrogens is 130 g/mol. The Morgan fingerprint density at radius 2 is 2.00 bits per heavy atom. The van der Waals surface area contributed by atoms with Crippen molar-refractivity contribution in [2.24, 2.45) is 5.73 Å². The third-order valence-electron chi connectivity index (χ3n) is 1.26. The third kappa shape index (κ3) is 4.73. The Morgan fingerprint density at radius 3 is 2.40 bits per heavy atom. The molecule has 0 saturated heterocycles. The van der Waals surface area contributed by atoms with E-state index in [4.69, 9.17) is 15.2 Å². The molecule has 0 amide bonds. The summed E-state index contributed by atoms with van der Waals surface area (Å²) in [4.78, 5) is 0. The zero-order valence-electron chi connectivity index (χ0n) is 7.02. The summed E-state index contributed by atoms with van der Waals surface area (Å²) in [5.41, 5.74) is 5.05. The lowest BCUT2D eigenvalue weighted by Crippen LogP contribution is -2.30. The average molecular weight is 147 g/mol. The Balaban J connectivity index is 3.28. The van der Waals surface area contributed by atoms with Crippen molar-refractivity contribution in [2.45, 2.75) is 19.4 Å². The van der Waals surface area contributed by atoms with Gasteiger partial charge in [0.2, 0.25) is 0 Å². The lowest BCUT2D eigenvalue weighted by Gasteiger charge is -2.22. The van der Waals surface area contributed by atoms with Gasteiger partial charge >= 0.3 is 0 Å². The van der Waals surface area contributed by atoms with Gasteiger partial charge in [-0.25, -0.2) is 0 Å². The molecule has 0 bridgehead atoms. The van der Waals surface area contributed by atoms with Crippen LogP contribution in [0.3, 0.4) is 0 Å². The van der Waals surface area contributed by atoms with Crippen molar-refractivity contribution in [3.63, 3.8) is 0 Å². The van der Waals surface area contributed by atoms with Crippen LogP contribution >= 0.6 is 0 Å². The summed E-state index contributed by atoms with van der Waals surface area (Å²) in [5, 5.41) is 0. The van der Waals surface area contributed by atoms with Crippen molar-refractivity contribution in [1.82, 2.24) is 0 Å². The van der Waals surface area contributed by atoms with E-state index < -0.39 is 0 Å². The first-order chi connectivity index (χ1) is 4.62. The molecule has 0 radical (unpaired) electrons. The molecule has 0 aliphatic carbocycles. The van der Waals surface area contributed by atoms with Crippen LogP contribution in [0.25, 0.3) is 0 Å². The summed E-state index contributed by atoms with van der Waals surface area (Å²) >= 11 is 0. The molecule has 0 aromatic rings. The van der Waals surface area contributed by atoms with E-state index in [0.717, 1.165) is 0 Å². The lowest BCUT2D eigenvalue weighted by atomic mass is 10.1. The largest absolute Gasteiger partial charge is 0.377 e. The summed E-state index contributed by atoms with van der Waals surface area (Å²) in [6.45, 7) is 5.72. The highest BCUT2D eigenvalue weighted by molar-refractivity contribution is 4.65. The molecule has 0 spiro atoms. The van der Waals surface area contributed by atoms with E-state index in [0.29, 0.717) is 19.8 Å². The summed E-state index contributed by atoms with van der Waals surface area (Å²) in [6.07, 6.45) is 0. The van der Waals surface area contributed by atoms with E-state index in [2.05, 4.69) is 0 Å². The van der Waals surface area contributed by atoms with Gasteiger partial charge in [-0.1, -0.05) is 0 Å². The van der Waals surface area contributed by atoms with Gasteiger partial charge in [-0.3, -0.25) is 0 Å². The molecule has 0 aliphatic rings. The van der Waals surface area contributed by atoms with Crippen LogP contribution in [-0.4, -0.2) is 32.5 Å². The minimum atomic E-state index is -0.185. The van der Waals surface area contributed by atoms with Gasteiger partial charge in [0, 0.05) is 13.7 Å². The van der Waals surface area contributed by atoms with Crippen molar-refractivity contribution in [1.29, 1.82) is 0 Å². The Labute approximate surface area is 62.5 Å². The first kappa shape index (κ1) is 9.88. The number of rotatable bonds is 5. The molecule has 2 N–H and O–H groups in total. The SMILES string of the molecule is COC(C)(C)COCCN. The number of methoxy groups -OCH3 is 1. The fourth-order valence-corrected chi connectivity index (χ4v) is 0.460. The fourth-order valence-electron chi connectivity index (χ4n) is 0.460. The molecule has 3 nitrogen and oxygen atoms in total. The maximum Gasteiger partial charge on any atom is 0.0855 e. The molecule has 3 heteroatoms. The van der Waals surface area contributed by atoms with E-state index in [1.165, 1.54) is 0 Å². The van der Waals surface area contributed by atoms with E-state index >= 15 is 0 Å². The van der Waals surface area contributed by atoms with Crippen molar-refractivity contribution in [2.75, 3.05) is 26.9 Å². The van der Waals surface area contributed by atoms with Gasteiger partial charge in [-0.05, 0) is 13.8 Å². The van der Waals surface area contributed by atoms with E-state index in [9.17, 15) is 0 Å². The second-order valence-corrected chi connectivity index (χ2v) is 2.81. The summed E-state index contributed by atoms with van der Waals surface area (Å²) in [5.74, 6) is 0. The molecular formula is C7H17NO2. The van der Waals surface area contributed by atoms with Crippen LogP contribution in [0.4, 0.5) is 0 Å². The van der Waals surface area contributed by atoms with Gasteiger partial charge in [0.05, 0.1) is 18.8 Å². The van der Waals surface area contributed by atoms with Crippen molar-refractivity contribution < 1.29 is 9.47 Å². The number of ether oxygens (including phenoxy) is 2. The first-order valence-corrected chi connectivity index (χ1v) is 3.45. The van der Waals surface area contributed by atoms with Crippen LogP contribution in [0.5, 0.6) is 0 Å². The number of hydrogen-bond acceptors (Lipinski definition) is 3. The van der Waals surface area contributed by atoms with Gasteiger partial charge in [-0.2, -0.15) is 0 Å². The molecule has 0 heterocycles. The highest BCUT2D eigenvalue weighted by Crippen LogP contribution is 2.06. The minimum absolute atomic E-state index is 0.185. The molecule has 0 unspecified atom stereocenters. The zero-order valence-corrected chi connectivity index (χ0v) is 7.02. The standard InChI is InChI=1S/C7H17NO2/c1-7(2,9-3)6-10-5-4-8/h4-6,8H2,1-3H3. The van der Waals surface area contributed by atoms with Gasteiger partial charge in [0.15, 0.2) is 0 Å². The van der Waals surface area contributed by atoms with Gasteiger partial charge in [0.1, 0.15) is 0 Å². The van der Waals surface area contributed by atoms with E-state index in [1.807, 2.05) is 13.8 Å². The number of nitrogens with two attached hydrogens (primary N) is 1. The normalized spacial score (nSPS) is 12.0. The molecule has 0 atom stereocenters. The third-order valence-corrected chi connectivity index (χ3v) is 1.26. The molecule has 0 aromatic heterocycles. The molecule has 62 valence electrons. The second kappa shape index (κ2) is 4.66. The maximum absolute atomic E-state index is 5.23. The number of hydrogen-bond donors (Lipinski definition) is 1. The lowest BCUT2D eigenvalue weighted by molar-refractivity contribution is -0.0489. The minimum Gasteiger partial charge on any atom is -0.377 e. The summed E-state index contributed by atoms with van der Waals surface area (Å²) in [7, 11) is 1.67. The van der Waals surface area contributed by atoms with E-state index in [-0.39, 0.29) is 5.60 Å². The molecule has 0 fully saturated rings. The van der Waals surface area contributed by atoms with Crippen LogP contribution in [0, 0.1) is 0 Å². The molecule has 0 rings (SSSR count). The van der Waals surface area contributed by atoms with Crippen LogP contribution in [0.1, 0.15) is 13.8 Å². The average Bonchev–Trinajstić information content (AvgIpc) is 1.89. The molecule has 0 saturated carbocycles. The monoisotopic (exact) mass is 147 g/mol. The predicted molar refractivity (Wildman–Crippen MR) is 41.0 cm³/mol. The summed E-state index contributed by atoms with van der Waals surface area (Å²) in [6, 6.07) is 0. The van der Waals surface area contributed by atoms with Crippen LogP contribution < -0.4 is 5.73 Å². The van der Waals surface area contributed by atoms with Crippen LogP contribution in [-0.2, 0) is 9.47 Å². The van der Waals surface area contributed by atoms with Crippen LogP contribution in [0.2, 0.25) is 0 Å². The topological polar surface area (TPSA) is 44.5 Å². The summed E-state index contributed by atoms with van der Waals surface area (Å²) < 4.78 is 10.3. The highest BCUT2D eigenvalue weighted by atomic mass is 16.5. The maximum atomic E-state index is 5.23. The fraction of sp³-hybridized carbons (Fsp3) is 1.00. The highest BCUT2D eigenvalue weighted by Gasteiger charge is 2.15. The predicted octanol–water partition coefficient (Wildman–Crippen LogP) is 0.387. The molecule has 0 aliphatic heterocycles. The van der Waals surface area contributed by atoms with Crippen molar-refractivity contribution in [3.05, 3.63) is 0 Å². The van der Waals surface area contributed by atoms with Gasteiger partial charge < -0.3 is 15.2 Å². The van der Waals surface area contributed by atoms with Crippen LogP contribution in [0.15, 0.2) is 0 Å².